The predicted octanol–water partition coefficient (Wildman–Crippen LogP) is 1.73. The van der Waals surface area contributed by atoms with Crippen molar-refractivity contribution in [2.75, 3.05) is 28.4 Å². The van der Waals surface area contributed by atoms with E-state index in [-0.39, 0.29) is 17.1 Å². The van der Waals surface area contributed by atoms with Crippen molar-refractivity contribution in [2.45, 2.75) is 6.92 Å². The monoisotopic (exact) mass is 256 g/mol. The Morgan fingerprint density at radius 1 is 0.833 bits per heavy atom. The fourth-order valence-electron chi connectivity index (χ4n) is 1.84. The molecule has 0 radical (unpaired) electrons. The fraction of sp³-hybridized carbons (Fsp3) is 0.417. The van der Waals surface area contributed by atoms with Crippen LogP contribution in [0.3, 0.4) is 0 Å². The lowest BCUT2D eigenvalue weighted by molar-refractivity contribution is 0.0691. The Labute approximate surface area is 105 Å². The molecule has 0 spiro atoms. The van der Waals surface area contributed by atoms with E-state index in [1.165, 1.54) is 28.4 Å². The van der Waals surface area contributed by atoms with Crippen molar-refractivity contribution in [1.82, 2.24) is 0 Å². The van der Waals surface area contributed by atoms with Gasteiger partial charge in [-0.2, -0.15) is 0 Å². The number of hydrogen-bond donors (Lipinski definition) is 1. The van der Waals surface area contributed by atoms with Crippen LogP contribution >= 0.6 is 0 Å². The van der Waals surface area contributed by atoms with E-state index in [1.807, 2.05) is 0 Å². The third kappa shape index (κ3) is 2.01. The van der Waals surface area contributed by atoms with E-state index >= 15 is 0 Å². The van der Waals surface area contributed by atoms with Gasteiger partial charge >= 0.3 is 5.97 Å². The SMILES string of the molecule is COc1c(C)c(C(=O)O)c(OC)c(OC)c1OC. The van der Waals surface area contributed by atoms with Crippen molar-refractivity contribution < 1.29 is 28.8 Å². The third-order valence-corrected chi connectivity index (χ3v) is 2.59. The highest BCUT2D eigenvalue weighted by Gasteiger charge is 2.28. The van der Waals surface area contributed by atoms with Crippen LogP contribution in [0, 0.1) is 6.92 Å². The van der Waals surface area contributed by atoms with E-state index in [2.05, 4.69) is 0 Å². The van der Waals surface area contributed by atoms with Crippen molar-refractivity contribution >= 4 is 5.97 Å². The number of carboxylic acids is 1. The Morgan fingerprint density at radius 3 is 1.56 bits per heavy atom. The molecule has 0 heterocycles. The number of methoxy groups -OCH3 is 4. The normalized spacial score (nSPS) is 9.83. The van der Waals surface area contributed by atoms with Gasteiger partial charge < -0.3 is 24.1 Å². The Hall–Kier alpha value is -2.11. The van der Waals surface area contributed by atoms with Crippen LogP contribution < -0.4 is 18.9 Å². The number of benzene rings is 1. The molecular weight excluding hydrogens is 240 g/mol. The second kappa shape index (κ2) is 5.48. The van der Waals surface area contributed by atoms with Gasteiger partial charge in [0.15, 0.2) is 11.5 Å². The van der Waals surface area contributed by atoms with Crippen LogP contribution in [0.15, 0.2) is 0 Å². The van der Waals surface area contributed by atoms with E-state index in [0.29, 0.717) is 17.1 Å². The lowest BCUT2D eigenvalue weighted by Gasteiger charge is -2.19. The lowest BCUT2D eigenvalue weighted by atomic mass is 10.0. The van der Waals surface area contributed by atoms with E-state index in [0.717, 1.165) is 0 Å². The van der Waals surface area contributed by atoms with Gasteiger partial charge in [0.1, 0.15) is 5.56 Å². The van der Waals surface area contributed by atoms with Gasteiger partial charge in [0, 0.05) is 5.56 Å². The maximum absolute atomic E-state index is 11.3. The molecule has 1 N–H and O–H groups in total. The predicted molar refractivity (Wildman–Crippen MR) is 64.3 cm³/mol. The highest BCUT2D eigenvalue weighted by molar-refractivity contribution is 5.96. The number of carbonyl (C=O) groups is 1. The molecule has 1 aromatic rings. The molecule has 6 heteroatoms. The summed E-state index contributed by atoms with van der Waals surface area (Å²) in [6, 6.07) is 0. The Balaban J connectivity index is 3.79. The first-order valence-corrected chi connectivity index (χ1v) is 5.13. The molecular formula is C12H16O6. The van der Waals surface area contributed by atoms with Crippen LogP contribution in [0.1, 0.15) is 15.9 Å². The standard InChI is InChI=1S/C12H16O6/c1-6-7(12(13)14)9(16-3)11(18-5)10(17-4)8(6)15-2/h1-5H3,(H,13,14). The topological polar surface area (TPSA) is 74.2 Å². The molecule has 0 amide bonds. The molecule has 0 aliphatic carbocycles. The highest BCUT2D eigenvalue weighted by atomic mass is 16.5. The van der Waals surface area contributed by atoms with Crippen LogP contribution in [0.4, 0.5) is 0 Å². The average Bonchev–Trinajstić information content (AvgIpc) is 2.36. The Kier molecular flexibility index (Phi) is 4.25. The molecule has 100 valence electrons. The summed E-state index contributed by atoms with van der Waals surface area (Å²) in [7, 11) is 5.65. The molecule has 18 heavy (non-hydrogen) atoms. The second-order valence-corrected chi connectivity index (χ2v) is 3.44. The molecule has 0 aromatic heterocycles. The molecule has 1 rings (SSSR count). The molecule has 0 aliphatic rings. The van der Waals surface area contributed by atoms with Gasteiger partial charge in [-0.05, 0) is 6.92 Å². The molecule has 0 bridgehead atoms. The molecule has 0 atom stereocenters. The Morgan fingerprint density at radius 2 is 1.22 bits per heavy atom. The van der Waals surface area contributed by atoms with Crippen molar-refractivity contribution in [1.29, 1.82) is 0 Å². The first-order chi connectivity index (χ1) is 8.53. The minimum absolute atomic E-state index is 0.00741. The van der Waals surface area contributed by atoms with Crippen molar-refractivity contribution in [2.24, 2.45) is 0 Å². The molecule has 0 saturated carbocycles. The maximum Gasteiger partial charge on any atom is 0.340 e. The summed E-state index contributed by atoms with van der Waals surface area (Å²) in [5.74, 6) is -0.199. The van der Waals surface area contributed by atoms with E-state index in [1.54, 1.807) is 6.92 Å². The van der Waals surface area contributed by atoms with Crippen LogP contribution in [0.2, 0.25) is 0 Å². The second-order valence-electron chi connectivity index (χ2n) is 3.44. The van der Waals surface area contributed by atoms with E-state index in [9.17, 15) is 9.90 Å². The van der Waals surface area contributed by atoms with E-state index in [4.69, 9.17) is 18.9 Å². The number of ether oxygens (including phenoxy) is 4. The summed E-state index contributed by atoms with van der Waals surface area (Å²) >= 11 is 0. The van der Waals surface area contributed by atoms with Gasteiger partial charge in [0.05, 0.1) is 28.4 Å². The highest BCUT2D eigenvalue weighted by Crippen LogP contribution is 2.49. The van der Waals surface area contributed by atoms with Gasteiger partial charge in [-0.25, -0.2) is 4.79 Å². The van der Waals surface area contributed by atoms with Crippen LogP contribution in [0.5, 0.6) is 23.0 Å². The summed E-state index contributed by atoms with van der Waals surface area (Å²) < 4.78 is 20.6. The summed E-state index contributed by atoms with van der Waals surface area (Å²) in [4.78, 5) is 11.3. The molecule has 1 aromatic carbocycles. The zero-order valence-electron chi connectivity index (χ0n) is 11.0. The van der Waals surface area contributed by atoms with Gasteiger partial charge in [-0.15, -0.1) is 0 Å². The van der Waals surface area contributed by atoms with Crippen LogP contribution in [-0.2, 0) is 0 Å². The summed E-state index contributed by atoms with van der Waals surface area (Å²) in [5.41, 5.74) is 0.409. The number of hydrogen-bond acceptors (Lipinski definition) is 5. The maximum atomic E-state index is 11.3. The molecule has 0 saturated heterocycles. The molecule has 0 fully saturated rings. The smallest absolute Gasteiger partial charge is 0.340 e. The number of aromatic carboxylic acids is 1. The quantitative estimate of drug-likeness (QED) is 0.864. The summed E-state index contributed by atoms with van der Waals surface area (Å²) in [5, 5.41) is 9.25. The van der Waals surface area contributed by atoms with Gasteiger partial charge in [-0.1, -0.05) is 0 Å². The van der Waals surface area contributed by atoms with Crippen LogP contribution in [-0.4, -0.2) is 39.5 Å². The van der Waals surface area contributed by atoms with Gasteiger partial charge in [0.2, 0.25) is 11.5 Å². The summed E-state index contributed by atoms with van der Waals surface area (Å²) in [6.07, 6.45) is 0. The van der Waals surface area contributed by atoms with Gasteiger partial charge in [0.25, 0.3) is 0 Å². The van der Waals surface area contributed by atoms with Crippen molar-refractivity contribution in [3.63, 3.8) is 0 Å². The lowest BCUT2D eigenvalue weighted by Crippen LogP contribution is -2.08. The largest absolute Gasteiger partial charge is 0.492 e. The summed E-state index contributed by atoms with van der Waals surface area (Å²) in [6.45, 7) is 1.62. The minimum Gasteiger partial charge on any atom is -0.492 e. The number of rotatable bonds is 5. The molecule has 0 aliphatic heterocycles. The zero-order valence-corrected chi connectivity index (χ0v) is 11.0. The third-order valence-electron chi connectivity index (χ3n) is 2.59. The number of carboxylic acid groups (broad SMARTS) is 1. The molecule has 0 unspecified atom stereocenters. The zero-order chi connectivity index (χ0) is 13.9. The fourth-order valence-corrected chi connectivity index (χ4v) is 1.84. The van der Waals surface area contributed by atoms with Crippen LogP contribution in [0.25, 0.3) is 0 Å². The molecule has 6 nitrogen and oxygen atoms in total. The first-order valence-electron chi connectivity index (χ1n) is 5.13. The van der Waals surface area contributed by atoms with Gasteiger partial charge in [-0.3, -0.25) is 0 Å². The van der Waals surface area contributed by atoms with E-state index < -0.39 is 5.97 Å². The van der Waals surface area contributed by atoms with Crippen molar-refractivity contribution in [3.8, 4) is 23.0 Å². The average molecular weight is 256 g/mol. The van der Waals surface area contributed by atoms with Crippen molar-refractivity contribution in [3.05, 3.63) is 11.1 Å². The first kappa shape index (κ1) is 14.0. The minimum atomic E-state index is -1.12. The Bertz CT molecular complexity index is 466.